The molecule has 0 fully saturated rings. The molecule has 1 rings (SSSR count). The largest absolute Gasteiger partial charge is 0.438 e. The van der Waals surface area contributed by atoms with Gasteiger partial charge in [0, 0.05) is 23.6 Å². The molecule has 0 aliphatic carbocycles. The van der Waals surface area contributed by atoms with Gasteiger partial charge in [-0.25, -0.2) is 4.99 Å². The van der Waals surface area contributed by atoms with Crippen molar-refractivity contribution in [3.05, 3.63) is 70.7 Å². The van der Waals surface area contributed by atoms with E-state index in [1.165, 1.54) is 0 Å². The van der Waals surface area contributed by atoms with Crippen LogP contribution in [0.3, 0.4) is 0 Å². The van der Waals surface area contributed by atoms with Crippen LogP contribution in [0.5, 0.6) is 5.75 Å². The quantitative estimate of drug-likeness (QED) is 0.158. The van der Waals surface area contributed by atoms with E-state index in [0.29, 0.717) is 29.0 Å². The van der Waals surface area contributed by atoms with Crippen LogP contribution >= 0.6 is 0 Å². The highest BCUT2D eigenvalue weighted by Gasteiger charge is 2.16. The molecular weight excluding hydrogens is 442 g/mol. The molecule has 0 bridgehead atoms. The third-order valence-electron chi connectivity index (χ3n) is 6.82. The Balaban J connectivity index is 3.78. The smallest absolute Gasteiger partial charge is 0.219 e. The van der Waals surface area contributed by atoms with Crippen molar-refractivity contribution in [1.29, 1.82) is 5.26 Å². The second-order valence-corrected chi connectivity index (χ2v) is 9.31. The number of rotatable bonds is 13. The fourth-order valence-electron chi connectivity index (χ4n) is 3.31. The Labute approximate surface area is 219 Å². The molecule has 4 nitrogen and oxygen atoms in total. The van der Waals surface area contributed by atoms with Gasteiger partial charge in [0.05, 0.1) is 17.3 Å². The maximum atomic E-state index is 9.61. The van der Waals surface area contributed by atoms with E-state index in [1.54, 1.807) is 6.07 Å². The predicted octanol–water partition coefficient (Wildman–Crippen LogP) is 9.46. The van der Waals surface area contributed by atoms with Gasteiger partial charge in [-0.1, -0.05) is 54.2 Å². The van der Waals surface area contributed by atoms with Crippen LogP contribution in [0.25, 0.3) is 5.70 Å². The van der Waals surface area contributed by atoms with Crippen LogP contribution in [0.4, 0.5) is 0 Å². The van der Waals surface area contributed by atoms with Crippen LogP contribution in [-0.4, -0.2) is 11.9 Å². The molecule has 0 amide bonds. The minimum absolute atomic E-state index is 0.309. The molecule has 0 heterocycles. The van der Waals surface area contributed by atoms with E-state index >= 15 is 0 Å². The number of benzene rings is 1. The van der Waals surface area contributed by atoms with Gasteiger partial charge < -0.3 is 4.74 Å². The van der Waals surface area contributed by atoms with Crippen LogP contribution < -0.4 is 4.74 Å². The van der Waals surface area contributed by atoms with Crippen molar-refractivity contribution in [2.45, 2.75) is 88.0 Å². The molecule has 2 atom stereocenters. The molecule has 2 unspecified atom stereocenters. The van der Waals surface area contributed by atoms with E-state index in [-0.39, 0.29) is 0 Å². The van der Waals surface area contributed by atoms with Gasteiger partial charge in [-0.3, -0.25) is 4.99 Å². The Morgan fingerprint density at radius 2 is 1.75 bits per heavy atom. The second kappa shape index (κ2) is 15.7. The molecule has 0 radical (unpaired) electrons. The van der Waals surface area contributed by atoms with Gasteiger partial charge in [0.1, 0.15) is 5.75 Å². The lowest BCUT2D eigenvalue weighted by Crippen LogP contribution is -2.08. The summed E-state index contributed by atoms with van der Waals surface area (Å²) in [7, 11) is 0. The Bertz CT molecular complexity index is 1090. The van der Waals surface area contributed by atoms with Gasteiger partial charge in [-0.05, 0) is 93.2 Å². The van der Waals surface area contributed by atoms with Gasteiger partial charge in [-0.2, -0.15) is 5.26 Å². The zero-order valence-corrected chi connectivity index (χ0v) is 23.9. The number of ether oxygens (including phenoxy) is 1. The molecule has 0 aromatic heterocycles. The average Bonchev–Trinajstić information content (AvgIpc) is 2.89. The third kappa shape index (κ3) is 9.11. The molecule has 4 heteroatoms. The maximum Gasteiger partial charge on any atom is 0.219 e. The number of nitrogens with zero attached hydrogens (tertiary/aromatic N) is 3. The van der Waals surface area contributed by atoms with Gasteiger partial charge >= 0.3 is 0 Å². The molecule has 0 N–H and O–H groups in total. The first kappa shape index (κ1) is 30.8. The van der Waals surface area contributed by atoms with E-state index in [1.807, 2.05) is 38.3 Å². The summed E-state index contributed by atoms with van der Waals surface area (Å²) in [5, 5.41) is 9.61. The van der Waals surface area contributed by atoms with Crippen molar-refractivity contribution in [2.24, 2.45) is 21.8 Å². The Morgan fingerprint density at radius 3 is 2.28 bits per heavy atom. The normalized spacial score (nSPS) is 15.4. The first-order valence-electron chi connectivity index (χ1n) is 13.2. The molecule has 1 aromatic carbocycles. The minimum Gasteiger partial charge on any atom is -0.438 e. The molecule has 1 aromatic rings. The fourth-order valence-corrected chi connectivity index (χ4v) is 3.31. The summed E-state index contributed by atoms with van der Waals surface area (Å²) in [6.45, 7) is 23.2. The van der Waals surface area contributed by atoms with Crippen molar-refractivity contribution >= 4 is 17.6 Å². The Kier molecular flexibility index (Phi) is 13.5. The highest BCUT2D eigenvalue weighted by atomic mass is 16.5. The van der Waals surface area contributed by atoms with Crippen LogP contribution in [0.1, 0.15) is 99.1 Å². The Morgan fingerprint density at radius 1 is 1.08 bits per heavy atom. The van der Waals surface area contributed by atoms with Gasteiger partial charge in [0.2, 0.25) is 5.88 Å². The average molecular weight is 488 g/mol. The second-order valence-electron chi connectivity index (χ2n) is 9.31. The van der Waals surface area contributed by atoms with Crippen LogP contribution in [0, 0.1) is 23.2 Å². The van der Waals surface area contributed by atoms with Crippen molar-refractivity contribution < 1.29 is 4.74 Å². The maximum absolute atomic E-state index is 9.61. The van der Waals surface area contributed by atoms with Crippen molar-refractivity contribution in [3.8, 4) is 11.8 Å². The van der Waals surface area contributed by atoms with Gasteiger partial charge in [0.25, 0.3) is 0 Å². The van der Waals surface area contributed by atoms with Gasteiger partial charge in [0.15, 0.2) is 0 Å². The van der Waals surface area contributed by atoms with Crippen molar-refractivity contribution in [1.82, 2.24) is 0 Å². The number of aliphatic imine (C=N–C) groups is 2. The van der Waals surface area contributed by atoms with Crippen molar-refractivity contribution in [2.75, 3.05) is 0 Å². The predicted molar refractivity (Wildman–Crippen MR) is 156 cm³/mol. The molecule has 0 saturated carbocycles. The number of allylic oxidation sites excluding steroid dienone is 5. The third-order valence-corrected chi connectivity index (χ3v) is 6.82. The molecule has 0 spiro atoms. The van der Waals surface area contributed by atoms with Gasteiger partial charge in [-0.15, -0.1) is 0 Å². The Hall–Kier alpha value is -3.19. The van der Waals surface area contributed by atoms with E-state index in [9.17, 15) is 5.26 Å². The summed E-state index contributed by atoms with van der Waals surface area (Å²) in [5.74, 6) is 1.68. The molecule has 36 heavy (non-hydrogen) atoms. The first-order valence-corrected chi connectivity index (χ1v) is 13.2. The lowest BCUT2D eigenvalue weighted by molar-refractivity contribution is 0.417. The number of hydrogen-bond acceptors (Lipinski definition) is 4. The highest BCUT2D eigenvalue weighted by Crippen LogP contribution is 2.33. The molecule has 0 aliphatic heterocycles. The monoisotopic (exact) mass is 487 g/mol. The zero-order chi connectivity index (χ0) is 27.3. The van der Waals surface area contributed by atoms with Crippen LogP contribution in [0.2, 0.25) is 0 Å². The summed E-state index contributed by atoms with van der Waals surface area (Å²) in [6.07, 6.45) is 9.65. The topological polar surface area (TPSA) is 57.7 Å². The molecule has 194 valence electrons. The molecular formula is C32H45N3O. The number of nitriles is 1. The molecule has 0 aliphatic rings. The number of hydrogen-bond donors (Lipinski definition) is 0. The van der Waals surface area contributed by atoms with E-state index in [2.05, 4.69) is 67.2 Å². The van der Waals surface area contributed by atoms with Crippen LogP contribution in [0.15, 0.2) is 69.5 Å². The summed E-state index contributed by atoms with van der Waals surface area (Å²) >= 11 is 0. The first-order chi connectivity index (χ1) is 17.1. The van der Waals surface area contributed by atoms with Crippen LogP contribution in [-0.2, 0) is 0 Å². The standard InChI is InChI=1S/C32H45N3O/c1-11-22(6)25(9)18-31(35-26(10)23(7)12-2)36-30-19-28(20-33)16-17-29(30)32(24(8)13-3)34-21-27(14-4)15-5/h14,16-19,21-23H,9,11-13,15H2,1-8,10H3/b27-14-,31-18+,32-24-,34-21-,35-26-. The summed E-state index contributed by atoms with van der Waals surface area (Å²) in [5.41, 5.74) is 6.48. The lowest BCUT2D eigenvalue weighted by Gasteiger charge is -2.17. The summed E-state index contributed by atoms with van der Waals surface area (Å²) < 4.78 is 6.49. The summed E-state index contributed by atoms with van der Waals surface area (Å²) in [6, 6.07) is 7.75. The SMILES string of the molecule is C=C(/C=C(\N=C(\C)C(C)CC)Oc1cc(C#N)ccc1C(/N=C\C(=C/C)CC)=C(\C)CC)C(C)CC. The van der Waals surface area contributed by atoms with Crippen molar-refractivity contribution in [3.63, 3.8) is 0 Å². The fraction of sp³-hybridized carbons (Fsp3) is 0.469. The van der Waals surface area contributed by atoms with E-state index in [0.717, 1.165) is 59.4 Å². The zero-order valence-electron chi connectivity index (χ0n) is 23.9. The minimum atomic E-state index is 0.309. The lowest BCUT2D eigenvalue weighted by atomic mass is 10.00. The van der Waals surface area contributed by atoms with E-state index < -0.39 is 0 Å². The molecule has 0 saturated heterocycles. The summed E-state index contributed by atoms with van der Waals surface area (Å²) in [4.78, 5) is 9.75. The van der Waals surface area contributed by atoms with E-state index in [4.69, 9.17) is 14.7 Å². The highest BCUT2D eigenvalue weighted by molar-refractivity contribution is 5.87.